The van der Waals surface area contributed by atoms with Crippen LogP contribution in [0.4, 0.5) is 11.4 Å². The third-order valence-corrected chi connectivity index (χ3v) is 8.12. The van der Waals surface area contributed by atoms with Crippen LogP contribution in [0, 0.1) is 6.92 Å². The Kier molecular flexibility index (Phi) is 7.48. The topological polar surface area (TPSA) is 106 Å². The molecule has 2 amide bonds. The number of pyridine rings is 1. The van der Waals surface area contributed by atoms with E-state index in [0.29, 0.717) is 61.5 Å². The Bertz CT molecular complexity index is 1480. The quantitative estimate of drug-likeness (QED) is 0.237. The van der Waals surface area contributed by atoms with E-state index in [9.17, 15) is 9.59 Å². The van der Waals surface area contributed by atoms with Crippen molar-refractivity contribution >= 4 is 72.3 Å². The van der Waals surface area contributed by atoms with Crippen LogP contribution in [0.3, 0.4) is 0 Å². The van der Waals surface area contributed by atoms with Crippen LogP contribution in [-0.2, 0) is 4.74 Å². The number of nitrogen functional groups attached to an aromatic ring is 1. The number of hydrogen-bond donors (Lipinski definition) is 3. The number of fused-ring (bicyclic) bond motifs is 1. The van der Waals surface area contributed by atoms with E-state index in [2.05, 4.69) is 26.6 Å². The molecule has 1 saturated heterocycles. The van der Waals surface area contributed by atoms with E-state index in [-0.39, 0.29) is 17.9 Å². The summed E-state index contributed by atoms with van der Waals surface area (Å²) in [6.45, 7) is 2.92. The zero-order chi connectivity index (χ0) is 26.1. The zero-order valence-corrected chi connectivity index (χ0v) is 23.1. The molecule has 190 valence electrons. The summed E-state index contributed by atoms with van der Waals surface area (Å²) in [5.74, 6) is -0.607. The molecule has 0 bridgehead atoms. The maximum atomic E-state index is 13.6. The summed E-state index contributed by atoms with van der Waals surface area (Å²) in [5, 5.41) is 7.03. The summed E-state index contributed by atoms with van der Waals surface area (Å²) >= 11 is 10.7. The lowest BCUT2D eigenvalue weighted by Gasteiger charge is -2.15. The molecule has 1 aliphatic heterocycles. The number of halogens is 2. The Balaban J connectivity index is 1.60. The van der Waals surface area contributed by atoms with E-state index >= 15 is 0 Å². The standard InChI is InChI=1S/C27H24BrClN4O3S/c1-14-20(25(34)33-18-10-8-17(29)9-11-18)21(15-4-6-16(28)7-5-15)22-23(30)24(37-27(22)32-14)26(35)31-13-19-3-2-12-36-19/h4-11,19H,2-3,12-13,30H2,1H3,(H,31,35)(H,33,34)/t19-/m1/s1. The van der Waals surface area contributed by atoms with Crippen molar-refractivity contribution in [2.45, 2.75) is 25.9 Å². The molecule has 0 radical (unpaired) electrons. The number of nitrogens with zero attached hydrogens (tertiary/aromatic N) is 1. The molecule has 1 fully saturated rings. The number of amides is 2. The number of nitrogens with two attached hydrogens (primary N) is 1. The maximum absolute atomic E-state index is 13.6. The molecule has 3 heterocycles. The number of nitrogens with one attached hydrogen (secondary N) is 2. The first-order valence-electron chi connectivity index (χ1n) is 11.8. The minimum atomic E-state index is -0.331. The van der Waals surface area contributed by atoms with Gasteiger partial charge in [0.25, 0.3) is 11.8 Å². The molecule has 7 nitrogen and oxygen atoms in total. The molecule has 10 heteroatoms. The third kappa shape index (κ3) is 5.36. The molecule has 0 aliphatic carbocycles. The van der Waals surface area contributed by atoms with E-state index < -0.39 is 0 Å². The first-order valence-corrected chi connectivity index (χ1v) is 13.8. The molecule has 1 aliphatic rings. The van der Waals surface area contributed by atoms with Crippen molar-refractivity contribution in [2.75, 3.05) is 24.2 Å². The van der Waals surface area contributed by atoms with Crippen LogP contribution in [0.2, 0.25) is 5.02 Å². The van der Waals surface area contributed by atoms with Crippen LogP contribution >= 0.6 is 38.9 Å². The van der Waals surface area contributed by atoms with Crippen molar-refractivity contribution in [1.82, 2.24) is 10.3 Å². The van der Waals surface area contributed by atoms with Gasteiger partial charge in [-0.25, -0.2) is 4.98 Å². The second-order valence-electron chi connectivity index (χ2n) is 8.79. The van der Waals surface area contributed by atoms with Crippen molar-refractivity contribution in [3.8, 4) is 11.1 Å². The molecule has 4 N–H and O–H groups in total. The highest BCUT2D eigenvalue weighted by atomic mass is 79.9. The average Bonchev–Trinajstić information content (AvgIpc) is 3.51. The van der Waals surface area contributed by atoms with Crippen molar-refractivity contribution < 1.29 is 14.3 Å². The van der Waals surface area contributed by atoms with Gasteiger partial charge in [0, 0.05) is 39.3 Å². The van der Waals surface area contributed by atoms with Gasteiger partial charge in [0.15, 0.2) is 0 Å². The minimum Gasteiger partial charge on any atom is -0.397 e. The van der Waals surface area contributed by atoms with Gasteiger partial charge in [-0.15, -0.1) is 11.3 Å². The number of anilines is 2. The first kappa shape index (κ1) is 25.7. The van der Waals surface area contributed by atoms with Gasteiger partial charge in [-0.2, -0.15) is 0 Å². The van der Waals surface area contributed by atoms with Gasteiger partial charge in [0.05, 0.1) is 23.0 Å². The third-order valence-electron chi connectivity index (χ3n) is 6.24. The second kappa shape index (κ2) is 10.8. The molecule has 2 aromatic heterocycles. The SMILES string of the molecule is Cc1nc2sc(C(=O)NC[C@H]3CCCO3)c(N)c2c(-c2ccc(Br)cc2)c1C(=O)Nc1ccc(Cl)cc1. The normalized spacial score (nSPS) is 15.2. The highest BCUT2D eigenvalue weighted by Gasteiger charge is 2.27. The Morgan fingerprint density at radius 3 is 2.57 bits per heavy atom. The van der Waals surface area contributed by atoms with Gasteiger partial charge in [0.2, 0.25) is 0 Å². The average molecular weight is 600 g/mol. The van der Waals surface area contributed by atoms with Gasteiger partial charge in [-0.05, 0) is 61.7 Å². The van der Waals surface area contributed by atoms with E-state index in [4.69, 9.17) is 27.1 Å². The molecule has 37 heavy (non-hydrogen) atoms. The Morgan fingerprint density at radius 1 is 1.16 bits per heavy atom. The predicted molar refractivity (Wildman–Crippen MR) is 153 cm³/mol. The molecule has 0 unspecified atom stereocenters. The minimum absolute atomic E-state index is 0.0152. The highest BCUT2D eigenvalue weighted by Crippen LogP contribution is 2.42. The Labute approximate surface area is 231 Å². The van der Waals surface area contributed by atoms with Crippen molar-refractivity contribution in [1.29, 1.82) is 0 Å². The lowest BCUT2D eigenvalue weighted by Crippen LogP contribution is -2.31. The van der Waals surface area contributed by atoms with Gasteiger partial charge in [-0.3, -0.25) is 9.59 Å². The second-order valence-corrected chi connectivity index (χ2v) is 11.1. The van der Waals surface area contributed by atoms with Gasteiger partial charge >= 0.3 is 0 Å². The van der Waals surface area contributed by atoms with Gasteiger partial charge in [-0.1, -0.05) is 39.7 Å². The number of carbonyl (C=O) groups is 2. The molecule has 4 aromatic rings. The lowest BCUT2D eigenvalue weighted by atomic mass is 9.94. The van der Waals surface area contributed by atoms with Gasteiger partial charge in [0.1, 0.15) is 9.71 Å². The fraction of sp³-hybridized carbons (Fsp3) is 0.222. The van der Waals surface area contributed by atoms with Crippen LogP contribution in [-0.4, -0.2) is 36.1 Å². The number of aromatic nitrogens is 1. The van der Waals surface area contributed by atoms with E-state index in [1.165, 1.54) is 11.3 Å². The molecular weight excluding hydrogens is 576 g/mol. The summed E-state index contributed by atoms with van der Waals surface area (Å²) < 4.78 is 6.52. The van der Waals surface area contributed by atoms with E-state index in [1.54, 1.807) is 31.2 Å². The number of ether oxygens (including phenoxy) is 1. The summed E-state index contributed by atoms with van der Waals surface area (Å²) in [6.07, 6.45) is 1.93. The lowest BCUT2D eigenvalue weighted by molar-refractivity contribution is 0.0861. The fourth-order valence-corrected chi connectivity index (χ4v) is 5.89. The van der Waals surface area contributed by atoms with Crippen molar-refractivity contribution in [3.05, 3.63) is 74.2 Å². The number of rotatable bonds is 6. The largest absolute Gasteiger partial charge is 0.397 e. The Morgan fingerprint density at radius 2 is 1.89 bits per heavy atom. The highest BCUT2D eigenvalue weighted by molar-refractivity contribution is 9.10. The number of hydrogen-bond acceptors (Lipinski definition) is 6. The van der Waals surface area contributed by atoms with Crippen LogP contribution in [0.5, 0.6) is 0 Å². The number of carbonyl (C=O) groups excluding carboxylic acids is 2. The van der Waals surface area contributed by atoms with Crippen LogP contribution in [0.15, 0.2) is 53.0 Å². The fourth-order valence-electron chi connectivity index (χ4n) is 4.44. The molecule has 2 aromatic carbocycles. The van der Waals surface area contributed by atoms with E-state index in [1.807, 2.05) is 24.3 Å². The van der Waals surface area contributed by atoms with Crippen LogP contribution in [0.25, 0.3) is 21.3 Å². The smallest absolute Gasteiger partial charge is 0.263 e. The molecule has 1 atom stereocenters. The van der Waals surface area contributed by atoms with Crippen LogP contribution in [0.1, 0.15) is 38.6 Å². The summed E-state index contributed by atoms with van der Waals surface area (Å²) in [6, 6.07) is 14.5. The summed E-state index contributed by atoms with van der Waals surface area (Å²) in [7, 11) is 0. The summed E-state index contributed by atoms with van der Waals surface area (Å²) in [5.41, 5.74) is 9.85. The van der Waals surface area contributed by atoms with Gasteiger partial charge < -0.3 is 21.1 Å². The monoisotopic (exact) mass is 598 g/mol. The zero-order valence-electron chi connectivity index (χ0n) is 19.9. The molecular formula is C27H24BrClN4O3S. The summed E-state index contributed by atoms with van der Waals surface area (Å²) in [4.78, 5) is 32.4. The molecule has 0 saturated carbocycles. The number of benzene rings is 2. The van der Waals surface area contributed by atoms with Crippen molar-refractivity contribution in [2.24, 2.45) is 0 Å². The predicted octanol–water partition coefficient (Wildman–Crippen LogP) is 6.43. The first-order chi connectivity index (χ1) is 17.8. The number of aryl methyl sites for hydroxylation is 1. The van der Waals surface area contributed by atoms with Crippen LogP contribution < -0.4 is 16.4 Å². The molecule has 0 spiro atoms. The Hall–Kier alpha value is -2.98. The number of thiophene rings is 1. The van der Waals surface area contributed by atoms with Crippen molar-refractivity contribution in [3.63, 3.8) is 0 Å². The van der Waals surface area contributed by atoms with E-state index in [0.717, 1.165) is 22.9 Å². The maximum Gasteiger partial charge on any atom is 0.263 e. The molecule has 5 rings (SSSR count).